The molecule has 78 valence electrons. The van der Waals surface area contributed by atoms with Crippen LogP contribution in [-0.2, 0) is 4.74 Å². The average Bonchev–Trinajstić information content (AvgIpc) is 2.54. The van der Waals surface area contributed by atoms with Crippen molar-refractivity contribution in [3.05, 3.63) is 0 Å². The summed E-state index contributed by atoms with van der Waals surface area (Å²) < 4.78 is 30.1. The molecule has 2 aliphatic rings. The summed E-state index contributed by atoms with van der Waals surface area (Å²) in [6, 6.07) is 0. The molecule has 0 bridgehead atoms. The number of halogens is 3. The van der Waals surface area contributed by atoms with Gasteiger partial charge in [0.1, 0.15) is 0 Å². The fourth-order valence-electron chi connectivity index (χ4n) is 1.47. The summed E-state index contributed by atoms with van der Waals surface area (Å²) in [5, 5.41) is 3.12. The quantitative estimate of drug-likeness (QED) is 0.766. The lowest BCUT2D eigenvalue weighted by Gasteiger charge is -2.09. The van der Waals surface area contributed by atoms with Crippen LogP contribution in [0.2, 0.25) is 0 Å². The van der Waals surface area contributed by atoms with Crippen molar-refractivity contribution in [3.63, 3.8) is 0 Å². The van der Waals surface area contributed by atoms with E-state index in [2.05, 4.69) is 5.32 Å². The van der Waals surface area contributed by atoms with Crippen LogP contribution in [0.5, 0.6) is 0 Å². The van der Waals surface area contributed by atoms with Gasteiger partial charge in [-0.1, -0.05) is 0 Å². The van der Waals surface area contributed by atoms with Crippen LogP contribution >= 0.6 is 12.4 Å². The van der Waals surface area contributed by atoms with Crippen molar-refractivity contribution in [1.82, 2.24) is 5.32 Å². The third-order valence-corrected chi connectivity index (χ3v) is 2.50. The number of nitrogens with one attached hydrogen (secondary N) is 1. The summed E-state index contributed by atoms with van der Waals surface area (Å²) in [4.78, 5) is 0. The van der Waals surface area contributed by atoms with Crippen LogP contribution in [0, 0.1) is 5.92 Å². The van der Waals surface area contributed by atoms with Crippen molar-refractivity contribution < 1.29 is 13.5 Å². The second-order valence-electron chi connectivity index (χ2n) is 3.61. The zero-order valence-corrected chi connectivity index (χ0v) is 8.08. The highest BCUT2D eigenvalue weighted by Gasteiger charge is 2.56. The van der Waals surface area contributed by atoms with E-state index in [-0.39, 0.29) is 31.5 Å². The molecule has 5 heteroatoms. The molecule has 2 unspecified atom stereocenters. The molecule has 1 N–H and O–H groups in total. The molecule has 1 heterocycles. The minimum atomic E-state index is -2.42. The topological polar surface area (TPSA) is 21.3 Å². The summed E-state index contributed by atoms with van der Waals surface area (Å²) in [5.74, 6) is -2.93. The summed E-state index contributed by atoms with van der Waals surface area (Å²) in [5.41, 5.74) is 0. The summed E-state index contributed by atoms with van der Waals surface area (Å²) in [6.45, 7) is 2.00. The molecule has 2 fully saturated rings. The van der Waals surface area contributed by atoms with Gasteiger partial charge >= 0.3 is 0 Å². The Bertz CT molecular complexity index is 169. The maximum Gasteiger partial charge on any atom is 0.253 e. The molecule has 0 aromatic heterocycles. The molecule has 0 amide bonds. The second-order valence-corrected chi connectivity index (χ2v) is 3.61. The third kappa shape index (κ3) is 2.76. The molecular formula is C8H14ClF2NO. The highest BCUT2D eigenvalue weighted by Crippen LogP contribution is 2.48. The fourth-order valence-corrected chi connectivity index (χ4v) is 1.47. The second kappa shape index (κ2) is 4.07. The van der Waals surface area contributed by atoms with E-state index < -0.39 is 11.8 Å². The Labute approximate surface area is 82.4 Å². The Morgan fingerprint density at radius 2 is 2.15 bits per heavy atom. The molecule has 2 rings (SSSR count). The number of ether oxygens (including phenoxy) is 1. The minimum absolute atomic E-state index is 0. The first-order valence-electron chi connectivity index (χ1n) is 4.38. The fraction of sp³-hybridized carbons (Fsp3) is 1.00. The van der Waals surface area contributed by atoms with Crippen molar-refractivity contribution in [2.24, 2.45) is 5.92 Å². The molecule has 1 saturated carbocycles. The van der Waals surface area contributed by atoms with Gasteiger partial charge in [0.25, 0.3) is 5.92 Å². The van der Waals surface area contributed by atoms with E-state index >= 15 is 0 Å². The highest BCUT2D eigenvalue weighted by molar-refractivity contribution is 5.85. The molecule has 13 heavy (non-hydrogen) atoms. The molecule has 1 aliphatic carbocycles. The van der Waals surface area contributed by atoms with Gasteiger partial charge in [0.05, 0.1) is 18.6 Å². The van der Waals surface area contributed by atoms with E-state index in [0.29, 0.717) is 0 Å². The Morgan fingerprint density at radius 1 is 1.46 bits per heavy atom. The third-order valence-electron chi connectivity index (χ3n) is 2.50. The standard InChI is InChI=1S/C8H13F2NO.ClH/c9-8(10)3-6(8)5-12-7-1-2-11-4-7;/h6-7,11H,1-5H2;1H. The predicted octanol–water partition coefficient (Wildman–Crippen LogP) is 1.44. The maximum absolute atomic E-state index is 12.4. The van der Waals surface area contributed by atoms with Crippen LogP contribution in [0.3, 0.4) is 0 Å². The Balaban J connectivity index is 0.000000845. The number of rotatable bonds is 3. The SMILES string of the molecule is Cl.FC1(F)CC1COC1CCNC1. The van der Waals surface area contributed by atoms with E-state index in [1.54, 1.807) is 0 Å². The van der Waals surface area contributed by atoms with Crippen molar-refractivity contribution in [3.8, 4) is 0 Å². The van der Waals surface area contributed by atoms with E-state index in [4.69, 9.17) is 4.74 Å². The van der Waals surface area contributed by atoms with Crippen LogP contribution in [0.4, 0.5) is 8.78 Å². The van der Waals surface area contributed by atoms with Crippen LogP contribution in [-0.4, -0.2) is 31.7 Å². The summed E-state index contributed by atoms with van der Waals surface area (Å²) >= 11 is 0. The van der Waals surface area contributed by atoms with Gasteiger partial charge in [0.2, 0.25) is 0 Å². The predicted molar refractivity (Wildman–Crippen MR) is 47.5 cm³/mol. The number of hydrogen-bond acceptors (Lipinski definition) is 2. The van der Waals surface area contributed by atoms with Crippen molar-refractivity contribution >= 4 is 12.4 Å². The molecule has 0 radical (unpaired) electrons. The molecule has 2 nitrogen and oxygen atoms in total. The first-order valence-corrected chi connectivity index (χ1v) is 4.38. The average molecular weight is 214 g/mol. The molecule has 0 aromatic carbocycles. The van der Waals surface area contributed by atoms with Gasteiger partial charge in [-0.05, 0) is 13.0 Å². The van der Waals surface area contributed by atoms with Crippen LogP contribution in [0.1, 0.15) is 12.8 Å². The van der Waals surface area contributed by atoms with Gasteiger partial charge in [0, 0.05) is 13.0 Å². The zero-order valence-electron chi connectivity index (χ0n) is 7.26. The number of hydrogen-bond donors (Lipinski definition) is 1. The largest absolute Gasteiger partial charge is 0.376 e. The van der Waals surface area contributed by atoms with Gasteiger partial charge in [-0.2, -0.15) is 0 Å². The van der Waals surface area contributed by atoms with Crippen molar-refractivity contribution in [1.29, 1.82) is 0 Å². The summed E-state index contributed by atoms with van der Waals surface area (Å²) in [7, 11) is 0. The molecule has 1 saturated heterocycles. The van der Waals surface area contributed by atoms with E-state index in [1.807, 2.05) is 0 Å². The molecular weight excluding hydrogens is 200 g/mol. The monoisotopic (exact) mass is 213 g/mol. The molecule has 0 aromatic rings. The van der Waals surface area contributed by atoms with Crippen molar-refractivity contribution in [2.45, 2.75) is 24.9 Å². The van der Waals surface area contributed by atoms with E-state index in [9.17, 15) is 8.78 Å². The van der Waals surface area contributed by atoms with E-state index in [0.717, 1.165) is 19.5 Å². The van der Waals surface area contributed by atoms with Gasteiger partial charge in [-0.15, -0.1) is 12.4 Å². The molecule has 0 spiro atoms. The highest BCUT2D eigenvalue weighted by atomic mass is 35.5. The lowest BCUT2D eigenvalue weighted by atomic mass is 10.3. The lowest BCUT2D eigenvalue weighted by molar-refractivity contribution is 0.0236. The summed E-state index contributed by atoms with van der Waals surface area (Å²) in [6.07, 6.45) is 1.15. The first-order chi connectivity index (χ1) is 5.68. The van der Waals surface area contributed by atoms with Gasteiger partial charge in [-0.3, -0.25) is 0 Å². The van der Waals surface area contributed by atoms with Crippen LogP contribution < -0.4 is 5.32 Å². The smallest absolute Gasteiger partial charge is 0.253 e. The van der Waals surface area contributed by atoms with Gasteiger partial charge in [-0.25, -0.2) is 8.78 Å². The lowest BCUT2D eigenvalue weighted by Crippen LogP contribution is -2.18. The number of alkyl halides is 2. The Kier molecular flexibility index (Phi) is 3.49. The van der Waals surface area contributed by atoms with Crippen LogP contribution in [0.25, 0.3) is 0 Å². The van der Waals surface area contributed by atoms with Crippen molar-refractivity contribution in [2.75, 3.05) is 19.7 Å². The minimum Gasteiger partial charge on any atom is -0.376 e. The Morgan fingerprint density at radius 3 is 2.62 bits per heavy atom. The van der Waals surface area contributed by atoms with E-state index in [1.165, 1.54) is 0 Å². The molecule has 2 atom stereocenters. The normalized spacial score (nSPS) is 35.5. The van der Waals surface area contributed by atoms with Crippen LogP contribution in [0.15, 0.2) is 0 Å². The van der Waals surface area contributed by atoms with Gasteiger partial charge in [0.15, 0.2) is 0 Å². The maximum atomic E-state index is 12.4. The van der Waals surface area contributed by atoms with Gasteiger partial charge < -0.3 is 10.1 Å². The Hall–Kier alpha value is 0.0700. The molecule has 1 aliphatic heterocycles. The first kappa shape index (κ1) is 11.1. The zero-order chi connectivity index (χ0) is 8.60.